The number of aromatic nitrogens is 3. The van der Waals surface area contributed by atoms with E-state index >= 15 is 0 Å². The van der Waals surface area contributed by atoms with Crippen LogP contribution in [0.25, 0.3) is 78.3 Å². The third-order valence-electron chi connectivity index (χ3n) is 14.3. The highest BCUT2D eigenvalue weighted by Crippen LogP contribution is 2.42. The summed E-state index contributed by atoms with van der Waals surface area (Å²) in [6, 6.07) is 71.3. The zero-order valence-corrected chi connectivity index (χ0v) is 47.0. The van der Waals surface area contributed by atoms with Crippen molar-refractivity contribution in [1.82, 2.24) is 15.0 Å². The van der Waals surface area contributed by atoms with E-state index < -0.39 is 23.6 Å². The Balaban J connectivity index is 1.00. The van der Waals surface area contributed by atoms with E-state index in [0.717, 1.165) is 81.7 Å². The molecule has 0 aliphatic heterocycles. The van der Waals surface area contributed by atoms with Crippen LogP contribution in [0.5, 0.6) is 0 Å². The second kappa shape index (κ2) is 22.9. The van der Waals surface area contributed by atoms with Crippen LogP contribution < -0.4 is 0 Å². The highest BCUT2D eigenvalue weighted by molar-refractivity contribution is 5.94. The zero-order valence-electron chi connectivity index (χ0n) is 51.0. The number of hydrogen-bond acceptors (Lipinski definition) is 3. The lowest BCUT2D eigenvalue weighted by atomic mass is 9.85. The summed E-state index contributed by atoms with van der Waals surface area (Å²) in [5, 5.41) is 0. The topological polar surface area (TPSA) is 38.7 Å². The first-order chi connectivity index (χ1) is 39.0. The lowest BCUT2D eigenvalue weighted by Gasteiger charge is -2.20. The van der Waals surface area contributed by atoms with Gasteiger partial charge in [0.05, 0.1) is 17.1 Å². The summed E-state index contributed by atoms with van der Waals surface area (Å²) in [6.07, 6.45) is 5.71. The van der Waals surface area contributed by atoms with Crippen molar-refractivity contribution in [2.24, 2.45) is 10.8 Å². The fraction of sp³-hybridized carbons (Fsp3) is 0.240. The Kier molecular flexibility index (Phi) is 14.2. The first-order valence-corrected chi connectivity index (χ1v) is 27.6. The quantitative estimate of drug-likeness (QED) is 0.103. The van der Waals surface area contributed by atoms with E-state index in [2.05, 4.69) is 207 Å². The Morgan fingerprint density at radius 1 is 0.295 bits per heavy atom. The summed E-state index contributed by atoms with van der Waals surface area (Å²) in [5.74, 6) is 0. The molecule has 10 rings (SSSR count). The molecule has 0 aliphatic rings. The van der Waals surface area contributed by atoms with Crippen LogP contribution in [0.15, 0.2) is 219 Å². The molecule has 0 saturated heterocycles. The van der Waals surface area contributed by atoms with Gasteiger partial charge in [0, 0.05) is 40.8 Å². The molecule has 390 valence electrons. The van der Waals surface area contributed by atoms with E-state index in [4.69, 9.17) is 10.5 Å². The van der Waals surface area contributed by atoms with E-state index in [-0.39, 0.29) is 5.41 Å². The number of aryl methyl sites for hydroxylation is 4. The molecule has 0 spiro atoms. The number of nitrogens with zero attached hydrogens (tertiary/aromatic N) is 3. The minimum Gasteiger partial charge on any atom is -0.256 e. The lowest BCUT2D eigenvalue weighted by Crippen LogP contribution is -2.11. The van der Waals surface area contributed by atoms with Crippen molar-refractivity contribution in [3.05, 3.63) is 258 Å². The van der Waals surface area contributed by atoms with Crippen LogP contribution in [-0.2, 0) is 43.8 Å². The molecule has 3 heteroatoms. The van der Waals surface area contributed by atoms with Gasteiger partial charge in [-0.25, -0.2) is 0 Å². The molecule has 0 atom stereocenters. The van der Waals surface area contributed by atoms with Gasteiger partial charge in [-0.3, -0.25) is 15.0 Å². The van der Waals surface area contributed by atoms with Gasteiger partial charge in [-0.15, -0.1) is 0 Å². The Bertz CT molecular complexity index is 3710. The second-order valence-electron chi connectivity index (χ2n) is 24.0. The third kappa shape index (κ3) is 13.6. The average Bonchev–Trinajstić information content (AvgIpc) is 3.49. The normalized spacial score (nSPS) is 13.1. The molecule has 0 N–H and O–H groups in total. The van der Waals surface area contributed by atoms with E-state index in [1.54, 1.807) is 24.5 Å². The van der Waals surface area contributed by atoms with Gasteiger partial charge in [-0.2, -0.15) is 0 Å². The predicted octanol–water partition coefficient (Wildman–Crippen LogP) is 19.6. The van der Waals surface area contributed by atoms with Gasteiger partial charge in [-0.1, -0.05) is 220 Å². The smallest absolute Gasteiger partial charge is 0.0705 e. The zero-order chi connectivity index (χ0) is 58.0. The fourth-order valence-corrected chi connectivity index (χ4v) is 10.3. The molecule has 3 heterocycles. The summed E-state index contributed by atoms with van der Waals surface area (Å²) in [5.41, 5.74) is 21.1. The highest BCUT2D eigenvalue weighted by Gasteiger charge is 2.20. The van der Waals surface area contributed by atoms with Crippen molar-refractivity contribution >= 4 is 0 Å². The lowest BCUT2D eigenvalue weighted by molar-refractivity contribution is 0.411. The third-order valence-corrected chi connectivity index (χ3v) is 14.3. The van der Waals surface area contributed by atoms with Gasteiger partial charge >= 0.3 is 0 Å². The molecule has 0 saturated carbocycles. The van der Waals surface area contributed by atoms with E-state index in [1.165, 1.54) is 50.1 Å². The van der Waals surface area contributed by atoms with E-state index in [1.807, 2.05) is 59.9 Å². The molecular weight excluding hydrogens is 943 g/mol. The Morgan fingerprint density at radius 2 is 0.718 bits per heavy atom. The molecule has 78 heavy (non-hydrogen) atoms. The Morgan fingerprint density at radius 3 is 1.24 bits per heavy atom. The van der Waals surface area contributed by atoms with Crippen molar-refractivity contribution in [2.75, 3.05) is 0 Å². The summed E-state index contributed by atoms with van der Waals surface area (Å²) in [6.45, 7) is 18.3. The van der Waals surface area contributed by atoms with Gasteiger partial charge in [0.25, 0.3) is 0 Å². The molecule has 0 fully saturated rings. The molecule has 3 nitrogen and oxygen atoms in total. The van der Waals surface area contributed by atoms with Crippen molar-refractivity contribution in [3.63, 3.8) is 0 Å². The Hall–Kier alpha value is -8.01. The van der Waals surface area contributed by atoms with Crippen molar-refractivity contribution < 1.29 is 5.48 Å². The standard InChI is InChI=1S/C75H75N3/c1-73(2,3)50-56-37-40-76-70(46-56)61-27-23-52(24-28-61)19-21-54-43-55(22-20-53-25-29-62(30-26-53)71-47-57(38-41-77-71)51-74(4,5)6)45-64(44-54)66-17-13-14-18-67(66)68-36-35-63(72-49-65(39-42-78-72)75(7,8)9)48-69(68)60-33-31-59(32-34-60)58-15-11-10-12-16-58/h10-18,23-49H,19-22,50-51H2,1-9H3/i50D2,51D2. The summed E-state index contributed by atoms with van der Waals surface area (Å²) >= 11 is 0. The molecule has 10 aromatic rings. The van der Waals surface area contributed by atoms with Gasteiger partial charge in [-0.05, 0) is 181 Å². The van der Waals surface area contributed by atoms with Crippen LogP contribution in [0.2, 0.25) is 0 Å². The molecule has 7 aromatic carbocycles. The minimum absolute atomic E-state index is 0.0225. The maximum atomic E-state index is 8.89. The van der Waals surface area contributed by atoms with Crippen molar-refractivity contribution in [3.8, 4) is 78.3 Å². The molecule has 0 radical (unpaired) electrons. The van der Waals surface area contributed by atoms with Crippen LogP contribution in [-0.4, -0.2) is 15.0 Å². The fourth-order valence-electron chi connectivity index (χ4n) is 10.3. The summed E-state index contributed by atoms with van der Waals surface area (Å²) in [4.78, 5) is 14.2. The number of hydrogen-bond donors (Lipinski definition) is 0. The first-order valence-electron chi connectivity index (χ1n) is 29.6. The number of benzene rings is 7. The second-order valence-corrected chi connectivity index (χ2v) is 24.0. The van der Waals surface area contributed by atoms with Crippen LogP contribution in [0.1, 0.15) is 107 Å². The number of pyridine rings is 3. The number of rotatable bonds is 15. The van der Waals surface area contributed by atoms with Gasteiger partial charge < -0.3 is 0 Å². The predicted molar refractivity (Wildman–Crippen MR) is 331 cm³/mol. The maximum Gasteiger partial charge on any atom is 0.0705 e. The first kappa shape index (κ1) is 48.4. The monoisotopic (exact) mass is 1020 g/mol. The van der Waals surface area contributed by atoms with E-state index in [0.29, 0.717) is 11.1 Å². The SMILES string of the molecule is [2H]C([2H])(c1ccnc(-c2ccc(CCc3cc(CCc4ccc(-c5cc(C([2H])([2H])C(C)(C)C)ccn5)cc4)cc(-c4ccccc4-c4ccc(-c5cc(C(C)(C)C)ccn5)cc4-c4ccc(-c5ccccc5)cc4)c3)cc2)c1)C(C)(C)C. The van der Waals surface area contributed by atoms with Gasteiger partial charge in [0.2, 0.25) is 0 Å². The minimum atomic E-state index is -1.51. The van der Waals surface area contributed by atoms with Crippen LogP contribution in [0.4, 0.5) is 0 Å². The molecule has 3 aromatic heterocycles. The van der Waals surface area contributed by atoms with Crippen LogP contribution in [0, 0.1) is 10.8 Å². The maximum absolute atomic E-state index is 8.89. The molecule has 0 aliphatic carbocycles. The van der Waals surface area contributed by atoms with E-state index in [9.17, 15) is 0 Å². The van der Waals surface area contributed by atoms with Gasteiger partial charge in [0.1, 0.15) is 0 Å². The molecule has 0 unspecified atom stereocenters. The average molecular weight is 1020 g/mol. The van der Waals surface area contributed by atoms with Crippen molar-refractivity contribution in [1.29, 1.82) is 0 Å². The highest BCUT2D eigenvalue weighted by atomic mass is 14.7. The van der Waals surface area contributed by atoms with Crippen molar-refractivity contribution in [2.45, 2.75) is 106 Å². The summed E-state index contributed by atoms with van der Waals surface area (Å²) < 4.78 is 35.6. The Labute approximate surface area is 471 Å². The summed E-state index contributed by atoms with van der Waals surface area (Å²) in [7, 11) is 0. The van der Waals surface area contributed by atoms with Gasteiger partial charge in [0.15, 0.2) is 0 Å². The molecule has 0 bridgehead atoms. The molecule has 0 amide bonds. The largest absolute Gasteiger partial charge is 0.256 e. The van der Waals surface area contributed by atoms with Crippen LogP contribution >= 0.6 is 0 Å². The molecular formula is C75H75N3. The van der Waals surface area contributed by atoms with Crippen LogP contribution in [0.3, 0.4) is 0 Å².